The summed E-state index contributed by atoms with van der Waals surface area (Å²) < 4.78 is 0. The first kappa shape index (κ1) is 65.1. The van der Waals surface area contributed by atoms with Crippen LogP contribution in [0, 0.1) is 0 Å². The molecule has 0 spiro atoms. The molecule has 3 atom stereocenters. The van der Waals surface area contributed by atoms with Crippen molar-refractivity contribution in [1.82, 2.24) is 20.3 Å². The van der Waals surface area contributed by atoms with Crippen molar-refractivity contribution in [2.75, 3.05) is 32.3 Å². The molecule has 14 rings (SSSR count). The number of nitrogens with zero attached hydrogens (tertiary/aromatic N) is 4. The van der Waals surface area contributed by atoms with Crippen molar-refractivity contribution < 1.29 is 44.6 Å². The number of aromatic nitrogens is 3. The summed E-state index contributed by atoms with van der Waals surface area (Å²) in [7, 11) is 0. The van der Waals surface area contributed by atoms with Crippen LogP contribution >= 0.6 is 36.7 Å². The molecule has 3 heterocycles. The summed E-state index contributed by atoms with van der Waals surface area (Å²) in [6.45, 7) is 0. The summed E-state index contributed by atoms with van der Waals surface area (Å²) in [5.74, 6) is 2.11. The van der Waals surface area contributed by atoms with Gasteiger partial charge in [0.2, 0.25) is 0 Å². The third-order valence-electron chi connectivity index (χ3n) is 15.4. The molecule has 8 aromatic carbocycles. The van der Waals surface area contributed by atoms with Crippen molar-refractivity contribution in [3.8, 4) is 0 Å². The number of anilines is 6. The number of thiocarbonyl (C=S) groups is 3. The Labute approximate surface area is 560 Å². The van der Waals surface area contributed by atoms with Gasteiger partial charge in [-0.3, -0.25) is 14.9 Å². The summed E-state index contributed by atoms with van der Waals surface area (Å²) in [4.78, 5) is 40.7. The molecular formula is C71H63N12NaO3S3. The first-order valence-electron chi connectivity index (χ1n) is 28.9. The Kier molecular flexibility index (Phi) is 22.6. The Bertz CT molecular complexity index is 4420. The van der Waals surface area contributed by atoms with E-state index in [1.165, 1.54) is 33.4 Å². The van der Waals surface area contributed by atoms with Crippen molar-refractivity contribution in [3.63, 3.8) is 0 Å². The first-order valence-corrected chi connectivity index (χ1v) is 30.1. The van der Waals surface area contributed by atoms with E-state index in [0.717, 1.165) is 106 Å². The van der Waals surface area contributed by atoms with E-state index in [0.29, 0.717) is 29.3 Å². The van der Waals surface area contributed by atoms with Crippen LogP contribution in [0.4, 0.5) is 34.5 Å². The van der Waals surface area contributed by atoms with E-state index in [4.69, 9.17) is 45.9 Å². The third-order valence-corrected chi connectivity index (χ3v) is 15.8. The van der Waals surface area contributed by atoms with Crippen LogP contribution in [-0.2, 0) is 19.3 Å². The fourth-order valence-corrected chi connectivity index (χ4v) is 11.6. The molecule has 0 bridgehead atoms. The van der Waals surface area contributed by atoms with E-state index in [1.807, 2.05) is 108 Å². The fraction of sp³-hybridized carbons (Fsp3) is 0.127. The zero-order valence-corrected chi connectivity index (χ0v) is 53.7. The van der Waals surface area contributed by atoms with Crippen LogP contribution in [0.3, 0.4) is 0 Å². The minimum absolute atomic E-state index is 0. The van der Waals surface area contributed by atoms with E-state index in [2.05, 4.69) is 139 Å². The molecule has 90 heavy (non-hydrogen) atoms. The number of hydrogen-bond acceptors (Lipinski definition) is 13. The molecule has 444 valence electrons. The Morgan fingerprint density at radius 2 is 0.867 bits per heavy atom. The molecular weight excluding hydrogens is 1190 g/mol. The average Bonchev–Trinajstić information content (AvgIpc) is 2.10. The van der Waals surface area contributed by atoms with E-state index in [-0.39, 0.29) is 57.1 Å². The number of amides is 2. The van der Waals surface area contributed by atoms with Crippen LogP contribution in [0.1, 0.15) is 91.5 Å². The molecule has 3 aliphatic carbocycles. The van der Waals surface area contributed by atoms with Crippen LogP contribution < -0.4 is 72.9 Å². The van der Waals surface area contributed by atoms with Crippen LogP contribution in [0.15, 0.2) is 229 Å². The van der Waals surface area contributed by atoms with Gasteiger partial charge in [0.1, 0.15) is 17.5 Å². The van der Waals surface area contributed by atoms with Crippen molar-refractivity contribution in [1.29, 1.82) is 0 Å². The number of isothiocyanates is 1. The molecule has 0 unspecified atom stereocenters. The number of nitrogens with two attached hydrogens (primary N) is 2. The maximum Gasteiger partial charge on any atom is 1.00 e. The number of nitrogen functional groups attached to an aromatic ring is 1. The standard InChI is InChI=1S/C26H22N4OS.C19H18N4S.C18H17N3.C8H5NOS.Na.H2O/c31-25(18-7-2-1-3-8-18)30-26(32)27-20-12-14-22-19(16-20)11-15-24(28-22)29-23-13-10-17-6-4-5-9-21(17)23;20-19(24)21-14-7-9-16-13(11-14)6-10-18(22-16)23-17-8-5-12-3-1-2-4-15(12)17;19-14-7-9-16-13(11-14)6-10-18(20-16)21-17-8-5-12-3-1-2-4-15(12)17;10-8(9-6-11)7-4-2-1-3-5-7;;/h1-9,11-12,14-16,23H,10,13H2,(H,28,29)(H2,27,30,31,32);1-4,6-7,9-11,17H,5,8H2,(H,22,23)(H3,20,21,24);1-4,6-7,9-11,17H,5,8,19H2,(H,20,21);1-5H;;1H2/q;;;;+1;/p-1/t23-;2*17-;;;/m111.../s1. The van der Waals surface area contributed by atoms with Gasteiger partial charge in [-0.25, -0.2) is 15.0 Å². The summed E-state index contributed by atoms with van der Waals surface area (Å²) in [6.07, 6.45) is 6.66. The third kappa shape index (κ3) is 16.9. The number of nitrogens with one attached hydrogen (secondary N) is 6. The molecule has 3 aromatic heterocycles. The van der Waals surface area contributed by atoms with Crippen LogP contribution in [0.2, 0.25) is 0 Å². The van der Waals surface area contributed by atoms with Crippen molar-refractivity contribution >= 4 is 131 Å². The Balaban J connectivity index is 0.000000149. The minimum Gasteiger partial charge on any atom is -0.870 e. The second kappa shape index (κ2) is 31.2. The molecule has 19 heteroatoms. The molecule has 15 nitrogen and oxygen atoms in total. The van der Waals surface area contributed by atoms with Crippen molar-refractivity contribution in [2.24, 2.45) is 10.7 Å². The molecule has 11 aromatic rings. The fourth-order valence-electron chi connectivity index (χ4n) is 11.2. The zero-order chi connectivity index (χ0) is 60.8. The minimum atomic E-state index is -0.347. The number of aryl methyl sites for hydroxylation is 3. The summed E-state index contributed by atoms with van der Waals surface area (Å²) in [5.41, 5.74) is 26.1. The summed E-state index contributed by atoms with van der Waals surface area (Å²) >= 11 is 14.5. The quantitative estimate of drug-likeness (QED) is 0.0275. The SMILES string of the molecule is NC(=S)Nc1ccc2nc(N[C@@H]3CCc4ccccc43)ccc2c1.Nc1ccc2nc(N[C@@H]3CCc4ccccc43)ccc2c1.O=C(N=C=S)c1ccccc1.O=C(NC(=S)Nc1ccc2nc(N[C@@H]3CCc4ccccc43)ccc2c1)c1ccccc1.[Na+].[OH-]. The van der Waals surface area contributed by atoms with Crippen LogP contribution in [-0.4, -0.2) is 47.6 Å². The largest absolute Gasteiger partial charge is 1.00 e. The van der Waals surface area contributed by atoms with Gasteiger partial charge in [0.05, 0.1) is 39.8 Å². The van der Waals surface area contributed by atoms with E-state index >= 15 is 0 Å². The number of fused-ring (bicyclic) bond motifs is 6. The predicted octanol–water partition coefficient (Wildman–Crippen LogP) is 12.1. The van der Waals surface area contributed by atoms with Crippen LogP contribution in [0.25, 0.3) is 32.7 Å². The van der Waals surface area contributed by atoms with Gasteiger partial charge in [-0.1, -0.05) is 109 Å². The van der Waals surface area contributed by atoms with Gasteiger partial charge in [-0.15, -0.1) is 0 Å². The number of rotatable bonds is 10. The molecule has 2 amide bonds. The number of benzene rings is 8. The topological polar surface area (TPSA) is 239 Å². The Morgan fingerprint density at radius 3 is 1.30 bits per heavy atom. The van der Waals surface area contributed by atoms with Gasteiger partial charge >= 0.3 is 29.6 Å². The van der Waals surface area contributed by atoms with E-state index in [9.17, 15) is 9.59 Å². The van der Waals surface area contributed by atoms with Gasteiger partial charge in [0.25, 0.3) is 11.8 Å². The molecule has 0 saturated carbocycles. The number of hydrogen-bond donors (Lipinski definition) is 8. The maximum atomic E-state index is 12.3. The van der Waals surface area contributed by atoms with E-state index < -0.39 is 0 Å². The van der Waals surface area contributed by atoms with Gasteiger partial charge in [-0.2, -0.15) is 4.99 Å². The molecule has 0 radical (unpaired) electrons. The molecule has 0 aliphatic heterocycles. The average molecular weight is 1250 g/mol. The maximum absolute atomic E-state index is 12.3. The Morgan fingerprint density at radius 1 is 0.478 bits per heavy atom. The predicted molar refractivity (Wildman–Crippen MR) is 371 cm³/mol. The second-order valence-electron chi connectivity index (χ2n) is 21.3. The van der Waals surface area contributed by atoms with E-state index in [1.54, 1.807) is 36.4 Å². The second-order valence-corrected chi connectivity index (χ2v) is 22.3. The molecule has 11 N–H and O–H groups in total. The van der Waals surface area contributed by atoms with Crippen molar-refractivity contribution in [3.05, 3.63) is 269 Å². The summed E-state index contributed by atoms with van der Waals surface area (Å²) in [6, 6.07) is 74.3. The molecule has 3 aliphatic rings. The monoisotopic (exact) mass is 1250 g/mol. The number of pyridine rings is 3. The molecule has 0 saturated heterocycles. The van der Waals surface area contributed by atoms with Crippen LogP contribution in [0.5, 0.6) is 0 Å². The van der Waals surface area contributed by atoms with Gasteiger partial charge in [0.15, 0.2) is 10.2 Å². The van der Waals surface area contributed by atoms with Gasteiger partial charge < -0.3 is 43.5 Å². The first-order chi connectivity index (χ1) is 43.0. The van der Waals surface area contributed by atoms with Gasteiger partial charge in [0, 0.05) is 44.3 Å². The van der Waals surface area contributed by atoms with Crippen molar-refractivity contribution in [2.45, 2.75) is 56.7 Å². The smallest absolute Gasteiger partial charge is 0.870 e. The normalized spacial score (nSPS) is 14.4. The number of carbonyl (C=O) groups is 2. The van der Waals surface area contributed by atoms with Gasteiger partial charge in [-0.05, 0) is 224 Å². The zero-order valence-electron chi connectivity index (χ0n) is 49.3. The molecule has 0 fully saturated rings. The number of aliphatic imine (C=N–C) groups is 1. The summed E-state index contributed by atoms with van der Waals surface area (Å²) in [5, 5.41) is 25.1. The number of carbonyl (C=O) groups excluding carboxylic acids is 2. The Hall–Kier alpha value is -9.33.